The van der Waals surface area contributed by atoms with Gasteiger partial charge in [0.25, 0.3) is 12.9 Å². The number of carbonyl (C=O) groups is 1. The quantitative estimate of drug-likeness (QED) is 0.723. The predicted octanol–water partition coefficient (Wildman–Crippen LogP) is 0.465. The number of rotatable bonds is 4. The third-order valence-corrected chi connectivity index (χ3v) is 5.42. The van der Waals surface area contributed by atoms with Crippen LogP contribution in [0.1, 0.15) is 19.3 Å². The number of aliphatic hydroxyl groups is 1. The lowest BCUT2D eigenvalue weighted by Gasteiger charge is -2.35. The number of sulfonamides is 1. The molecule has 24 heavy (non-hydrogen) atoms. The van der Waals surface area contributed by atoms with Crippen LogP contribution in [-0.4, -0.2) is 72.4 Å². The molecule has 1 saturated heterocycles. The van der Waals surface area contributed by atoms with Crippen LogP contribution in [-0.2, 0) is 14.8 Å². The lowest BCUT2D eigenvalue weighted by atomic mass is 9.96. The maximum Gasteiger partial charge on any atom is 0.287 e. The fourth-order valence-corrected chi connectivity index (χ4v) is 3.60. The number of piperidine rings is 1. The summed E-state index contributed by atoms with van der Waals surface area (Å²) in [5.74, 6) is -1.89. The summed E-state index contributed by atoms with van der Waals surface area (Å²) < 4.78 is 75.6. The van der Waals surface area contributed by atoms with E-state index in [1.165, 1.54) is 0 Å². The zero-order chi connectivity index (χ0) is 18.3. The van der Waals surface area contributed by atoms with Gasteiger partial charge in [-0.3, -0.25) is 4.79 Å². The van der Waals surface area contributed by atoms with E-state index in [1.54, 1.807) is 0 Å². The zero-order valence-electron chi connectivity index (χ0n) is 12.7. The second-order valence-electron chi connectivity index (χ2n) is 5.83. The van der Waals surface area contributed by atoms with Crippen molar-refractivity contribution in [1.82, 2.24) is 9.31 Å². The van der Waals surface area contributed by atoms with E-state index in [9.17, 15) is 35.9 Å². The summed E-state index contributed by atoms with van der Waals surface area (Å²) in [7, 11) is -3.44. The molecule has 2 aliphatic rings. The van der Waals surface area contributed by atoms with E-state index in [4.69, 9.17) is 0 Å². The van der Waals surface area contributed by atoms with Crippen LogP contribution in [0.15, 0.2) is 5.10 Å². The van der Waals surface area contributed by atoms with E-state index in [0.29, 0.717) is 0 Å². The first-order valence-electron chi connectivity index (χ1n) is 7.12. The number of amides is 1. The third-order valence-electron chi connectivity index (χ3n) is 4.12. The average molecular weight is 375 g/mol. The van der Waals surface area contributed by atoms with Gasteiger partial charge in [0.1, 0.15) is 5.71 Å². The molecule has 2 heterocycles. The Morgan fingerprint density at radius 1 is 1.29 bits per heavy atom. The lowest BCUT2D eigenvalue weighted by molar-refractivity contribution is -0.195. The highest BCUT2D eigenvalue weighted by molar-refractivity contribution is 7.88. The minimum absolute atomic E-state index is 0.00159. The van der Waals surface area contributed by atoms with Gasteiger partial charge in [-0.25, -0.2) is 30.3 Å². The molecule has 0 radical (unpaired) electrons. The van der Waals surface area contributed by atoms with Gasteiger partial charge in [0, 0.05) is 25.4 Å². The van der Waals surface area contributed by atoms with Gasteiger partial charge in [-0.1, -0.05) is 0 Å². The molecule has 0 aromatic heterocycles. The minimum Gasteiger partial charge on any atom is -0.364 e. The van der Waals surface area contributed by atoms with Crippen molar-refractivity contribution in [1.29, 1.82) is 0 Å². The number of alkyl halides is 4. The summed E-state index contributed by atoms with van der Waals surface area (Å²) in [6, 6.07) is 0. The summed E-state index contributed by atoms with van der Waals surface area (Å²) in [6.45, 7) is 0.00319. The third kappa shape index (κ3) is 3.54. The smallest absolute Gasteiger partial charge is 0.287 e. The standard InChI is InChI=1S/C12H17F4N3O4S/c1-24(22,23)18-4-2-7(3-5-18)10(20)19-12(21,11(15)16)6-8(17-19)9(13)14/h7,9,11,21H,2-6H2,1H3/t12-/m1/s1. The van der Waals surface area contributed by atoms with Gasteiger partial charge in [0.05, 0.1) is 6.26 Å². The molecule has 0 aromatic carbocycles. The van der Waals surface area contributed by atoms with Crippen molar-refractivity contribution in [3.05, 3.63) is 0 Å². The van der Waals surface area contributed by atoms with Gasteiger partial charge in [0.2, 0.25) is 21.7 Å². The van der Waals surface area contributed by atoms with Crippen LogP contribution in [0.5, 0.6) is 0 Å². The number of carbonyl (C=O) groups excluding carboxylic acids is 1. The van der Waals surface area contributed by atoms with Crippen molar-refractivity contribution in [2.45, 2.75) is 37.8 Å². The molecular formula is C12H17F4N3O4S. The lowest BCUT2D eigenvalue weighted by Crippen LogP contribution is -2.54. The van der Waals surface area contributed by atoms with E-state index in [1.807, 2.05) is 0 Å². The highest BCUT2D eigenvalue weighted by atomic mass is 32.2. The van der Waals surface area contributed by atoms with E-state index < -0.39 is 52.6 Å². The van der Waals surface area contributed by atoms with Crippen LogP contribution in [0.2, 0.25) is 0 Å². The minimum atomic E-state index is -3.47. The molecule has 0 aliphatic carbocycles. The maximum absolute atomic E-state index is 13.1. The van der Waals surface area contributed by atoms with Crippen LogP contribution in [0.3, 0.4) is 0 Å². The molecule has 2 aliphatic heterocycles. The van der Waals surface area contributed by atoms with Crippen molar-refractivity contribution < 1.29 is 35.9 Å². The van der Waals surface area contributed by atoms with Gasteiger partial charge in [-0.15, -0.1) is 0 Å². The Morgan fingerprint density at radius 2 is 1.83 bits per heavy atom. The van der Waals surface area contributed by atoms with Gasteiger partial charge < -0.3 is 5.11 Å². The van der Waals surface area contributed by atoms with Gasteiger partial charge in [-0.05, 0) is 12.8 Å². The highest BCUT2D eigenvalue weighted by Crippen LogP contribution is 2.35. The molecule has 7 nitrogen and oxygen atoms in total. The Hall–Kier alpha value is -1.27. The first-order valence-corrected chi connectivity index (χ1v) is 8.97. The van der Waals surface area contributed by atoms with Crippen molar-refractivity contribution >= 4 is 21.6 Å². The molecule has 2 rings (SSSR count). The fraction of sp³-hybridized carbons (Fsp3) is 0.833. The van der Waals surface area contributed by atoms with Crippen molar-refractivity contribution in [2.24, 2.45) is 11.0 Å². The van der Waals surface area contributed by atoms with Crippen molar-refractivity contribution in [2.75, 3.05) is 19.3 Å². The molecular weight excluding hydrogens is 358 g/mol. The van der Waals surface area contributed by atoms with Crippen LogP contribution in [0.4, 0.5) is 17.6 Å². The Kier molecular flexibility index (Phi) is 5.21. The first-order chi connectivity index (χ1) is 11.0. The molecule has 0 aromatic rings. The molecule has 0 unspecified atom stereocenters. The number of nitrogens with zero attached hydrogens (tertiary/aromatic N) is 3. The average Bonchev–Trinajstić information content (AvgIpc) is 2.85. The number of halogens is 4. The van der Waals surface area contributed by atoms with Crippen LogP contribution in [0, 0.1) is 5.92 Å². The predicted molar refractivity (Wildman–Crippen MR) is 75.0 cm³/mol. The molecule has 1 amide bonds. The molecule has 1 N–H and O–H groups in total. The Morgan fingerprint density at radius 3 is 2.25 bits per heavy atom. The number of hydrazone groups is 1. The van der Waals surface area contributed by atoms with Gasteiger partial charge >= 0.3 is 0 Å². The Balaban J connectivity index is 2.16. The largest absolute Gasteiger partial charge is 0.364 e. The molecule has 0 saturated carbocycles. The fourth-order valence-electron chi connectivity index (χ4n) is 2.73. The van der Waals surface area contributed by atoms with Crippen LogP contribution in [0.25, 0.3) is 0 Å². The summed E-state index contributed by atoms with van der Waals surface area (Å²) in [5, 5.41) is 13.2. The van der Waals surface area contributed by atoms with E-state index >= 15 is 0 Å². The second kappa shape index (κ2) is 6.56. The molecule has 1 fully saturated rings. The second-order valence-corrected chi connectivity index (χ2v) is 7.82. The molecule has 0 spiro atoms. The van der Waals surface area contributed by atoms with Crippen molar-refractivity contribution in [3.8, 4) is 0 Å². The van der Waals surface area contributed by atoms with Crippen LogP contribution < -0.4 is 0 Å². The van der Waals surface area contributed by atoms with Crippen molar-refractivity contribution in [3.63, 3.8) is 0 Å². The summed E-state index contributed by atoms with van der Waals surface area (Å²) in [5.41, 5.74) is -4.09. The highest BCUT2D eigenvalue weighted by Gasteiger charge is 2.54. The Labute approximate surface area is 136 Å². The van der Waals surface area contributed by atoms with E-state index in [0.717, 1.165) is 10.6 Å². The summed E-state index contributed by atoms with van der Waals surface area (Å²) in [4.78, 5) is 12.4. The maximum atomic E-state index is 13.1. The topological polar surface area (TPSA) is 90.3 Å². The van der Waals surface area contributed by atoms with Crippen LogP contribution >= 0.6 is 0 Å². The first kappa shape index (κ1) is 19.1. The van der Waals surface area contributed by atoms with Gasteiger partial charge in [0.15, 0.2) is 0 Å². The molecule has 12 heteroatoms. The molecule has 0 bridgehead atoms. The zero-order valence-corrected chi connectivity index (χ0v) is 13.5. The summed E-state index contributed by atoms with van der Waals surface area (Å²) >= 11 is 0. The summed E-state index contributed by atoms with van der Waals surface area (Å²) in [6.07, 6.45) is -6.71. The molecule has 138 valence electrons. The van der Waals surface area contributed by atoms with Gasteiger partial charge in [-0.2, -0.15) is 10.1 Å². The van der Waals surface area contributed by atoms with E-state index in [-0.39, 0.29) is 30.9 Å². The SMILES string of the molecule is CS(=O)(=O)N1CCC(C(=O)N2N=C(C(F)F)C[C@@]2(O)C(F)F)CC1. The normalized spacial score (nSPS) is 27.2. The number of hydrogen-bond acceptors (Lipinski definition) is 5. The van der Waals surface area contributed by atoms with E-state index in [2.05, 4.69) is 5.10 Å². The monoisotopic (exact) mass is 375 g/mol. The molecule has 1 atom stereocenters. The Bertz CT molecular complexity index is 634. The number of hydrogen-bond donors (Lipinski definition) is 1.